The average Bonchev–Trinajstić information content (AvgIpc) is 2.34. The molecule has 0 spiro atoms. The molecule has 0 amide bonds. The summed E-state index contributed by atoms with van der Waals surface area (Å²) in [6, 6.07) is 2.05. The van der Waals surface area contributed by atoms with E-state index in [4.69, 9.17) is 4.74 Å². The number of methoxy groups -OCH3 is 1. The van der Waals surface area contributed by atoms with Crippen molar-refractivity contribution in [1.82, 2.24) is 4.98 Å². The third-order valence-corrected chi connectivity index (χ3v) is 2.04. The van der Waals surface area contributed by atoms with Crippen LogP contribution in [0.15, 0.2) is 12.1 Å². The number of ether oxygens (including phenoxy) is 3. The zero-order valence-corrected chi connectivity index (χ0v) is 12.0. The van der Waals surface area contributed by atoms with Crippen molar-refractivity contribution in [3.05, 3.63) is 23.4 Å². The molecule has 0 saturated heterocycles. The molecule has 0 N–H and O–H groups in total. The smallest absolute Gasteiger partial charge is 0.388 e. The molecule has 0 unspecified atom stereocenters. The van der Waals surface area contributed by atoms with Crippen LogP contribution < -0.4 is 4.74 Å². The highest BCUT2D eigenvalue weighted by Gasteiger charge is 2.22. The van der Waals surface area contributed by atoms with E-state index >= 15 is 0 Å². The molecule has 1 heterocycles. The number of rotatable bonds is 4. The standard InChI is InChI=1S/C13H15F2NO5/c1-13(2,3)21-10(17)7-5-8(11(18)19-4)16-9(6-7)20-12(14)15/h5-6,12H,1-4H3. The van der Waals surface area contributed by atoms with Gasteiger partial charge in [0.1, 0.15) is 5.60 Å². The third kappa shape index (κ3) is 5.33. The maximum absolute atomic E-state index is 12.2. The summed E-state index contributed by atoms with van der Waals surface area (Å²) in [7, 11) is 1.10. The van der Waals surface area contributed by atoms with Crippen molar-refractivity contribution >= 4 is 11.9 Å². The van der Waals surface area contributed by atoms with Gasteiger partial charge in [0.2, 0.25) is 5.88 Å². The van der Waals surface area contributed by atoms with E-state index in [1.807, 2.05) is 0 Å². The molecule has 0 atom stereocenters. The van der Waals surface area contributed by atoms with Gasteiger partial charge in [-0.05, 0) is 26.8 Å². The molecular formula is C13H15F2NO5. The van der Waals surface area contributed by atoms with Crippen molar-refractivity contribution in [2.75, 3.05) is 7.11 Å². The first kappa shape index (κ1) is 16.8. The lowest BCUT2D eigenvalue weighted by atomic mass is 10.1. The van der Waals surface area contributed by atoms with Gasteiger partial charge in [0, 0.05) is 6.07 Å². The number of aromatic nitrogens is 1. The number of carbonyl (C=O) groups is 2. The van der Waals surface area contributed by atoms with Gasteiger partial charge in [0.05, 0.1) is 12.7 Å². The van der Waals surface area contributed by atoms with Crippen LogP contribution in [-0.2, 0) is 9.47 Å². The van der Waals surface area contributed by atoms with Gasteiger partial charge in [-0.1, -0.05) is 0 Å². The van der Waals surface area contributed by atoms with Crippen LogP contribution in [0, 0.1) is 0 Å². The Labute approximate surface area is 120 Å². The van der Waals surface area contributed by atoms with Gasteiger partial charge < -0.3 is 14.2 Å². The summed E-state index contributed by atoms with van der Waals surface area (Å²) in [5, 5.41) is 0. The van der Waals surface area contributed by atoms with Crippen LogP contribution in [-0.4, -0.2) is 36.2 Å². The van der Waals surface area contributed by atoms with Crippen molar-refractivity contribution in [3.63, 3.8) is 0 Å². The number of esters is 2. The van der Waals surface area contributed by atoms with E-state index in [0.29, 0.717) is 0 Å². The molecule has 0 aromatic carbocycles. The lowest BCUT2D eigenvalue weighted by Gasteiger charge is -2.19. The number of nitrogens with zero attached hydrogens (tertiary/aromatic N) is 1. The first-order valence-corrected chi connectivity index (χ1v) is 5.91. The lowest BCUT2D eigenvalue weighted by Crippen LogP contribution is -2.24. The van der Waals surface area contributed by atoms with Crippen molar-refractivity contribution in [1.29, 1.82) is 0 Å². The third-order valence-electron chi connectivity index (χ3n) is 2.04. The minimum atomic E-state index is -3.14. The molecule has 0 saturated carbocycles. The van der Waals surface area contributed by atoms with Crippen molar-refractivity contribution < 1.29 is 32.6 Å². The quantitative estimate of drug-likeness (QED) is 0.795. The summed E-state index contributed by atoms with van der Waals surface area (Å²) in [6.45, 7) is 1.79. The van der Waals surface area contributed by atoms with E-state index in [9.17, 15) is 18.4 Å². The number of hydrogen-bond donors (Lipinski definition) is 0. The number of pyridine rings is 1. The molecule has 1 aromatic rings. The molecule has 6 nitrogen and oxygen atoms in total. The Bertz CT molecular complexity index is 540. The Balaban J connectivity index is 3.18. The normalized spacial score (nSPS) is 11.2. The molecule has 0 aliphatic carbocycles. The van der Waals surface area contributed by atoms with E-state index in [1.54, 1.807) is 20.8 Å². The zero-order valence-electron chi connectivity index (χ0n) is 12.0. The van der Waals surface area contributed by atoms with E-state index in [2.05, 4.69) is 14.5 Å². The molecule has 1 rings (SSSR count). The molecule has 0 bridgehead atoms. The number of carbonyl (C=O) groups excluding carboxylic acids is 2. The maximum atomic E-state index is 12.2. The second-order valence-electron chi connectivity index (χ2n) is 4.95. The van der Waals surface area contributed by atoms with Crippen LogP contribution in [0.2, 0.25) is 0 Å². The molecule has 116 valence electrons. The zero-order chi connectivity index (χ0) is 16.2. The van der Waals surface area contributed by atoms with Crippen LogP contribution in [0.25, 0.3) is 0 Å². The Morgan fingerprint density at radius 1 is 1.19 bits per heavy atom. The van der Waals surface area contributed by atoms with Crippen molar-refractivity contribution in [2.45, 2.75) is 33.0 Å². The summed E-state index contributed by atoms with van der Waals surface area (Å²) in [5.41, 5.74) is -1.26. The Kier molecular flexibility index (Phi) is 5.17. The van der Waals surface area contributed by atoms with E-state index < -0.39 is 30.0 Å². The fourth-order valence-electron chi connectivity index (χ4n) is 1.32. The minimum absolute atomic E-state index is 0.143. The number of hydrogen-bond acceptors (Lipinski definition) is 6. The van der Waals surface area contributed by atoms with Gasteiger partial charge in [-0.3, -0.25) is 0 Å². The molecule has 8 heteroatoms. The Morgan fingerprint density at radius 2 is 1.81 bits per heavy atom. The SMILES string of the molecule is COC(=O)c1cc(C(=O)OC(C)(C)C)cc(OC(F)F)n1. The highest BCUT2D eigenvalue weighted by molar-refractivity contribution is 5.94. The minimum Gasteiger partial charge on any atom is -0.464 e. The van der Waals surface area contributed by atoms with Crippen LogP contribution in [0.1, 0.15) is 41.6 Å². The lowest BCUT2D eigenvalue weighted by molar-refractivity contribution is -0.0532. The Hall–Kier alpha value is -2.25. The van der Waals surface area contributed by atoms with Crippen LogP contribution in [0.5, 0.6) is 5.88 Å². The summed E-state index contributed by atoms with van der Waals surface area (Å²) in [4.78, 5) is 26.9. The molecule has 21 heavy (non-hydrogen) atoms. The van der Waals surface area contributed by atoms with Gasteiger partial charge in [-0.25, -0.2) is 14.6 Å². The Morgan fingerprint density at radius 3 is 2.29 bits per heavy atom. The van der Waals surface area contributed by atoms with E-state index in [1.165, 1.54) is 0 Å². The molecule has 1 aromatic heterocycles. The predicted octanol–water partition coefficient (Wildman–Crippen LogP) is 2.42. The van der Waals surface area contributed by atoms with Gasteiger partial charge in [-0.15, -0.1) is 0 Å². The second kappa shape index (κ2) is 6.47. The predicted molar refractivity (Wildman–Crippen MR) is 67.4 cm³/mol. The van der Waals surface area contributed by atoms with Gasteiger partial charge in [-0.2, -0.15) is 8.78 Å². The average molecular weight is 303 g/mol. The van der Waals surface area contributed by atoms with Crippen LogP contribution in [0.3, 0.4) is 0 Å². The number of halogens is 2. The topological polar surface area (TPSA) is 74.7 Å². The summed E-state index contributed by atoms with van der Waals surface area (Å²) < 4.78 is 38.1. The van der Waals surface area contributed by atoms with E-state index in [0.717, 1.165) is 19.2 Å². The highest BCUT2D eigenvalue weighted by Crippen LogP contribution is 2.19. The first-order valence-electron chi connectivity index (χ1n) is 5.91. The molecule has 0 aliphatic rings. The monoisotopic (exact) mass is 303 g/mol. The molecular weight excluding hydrogens is 288 g/mol. The molecule has 0 radical (unpaired) electrons. The summed E-state index contributed by atoms with van der Waals surface area (Å²) in [6.07, 6.45) is 0. The van der Waals surface area contributed by atoms with Crippen LogP contribution >= 0.6 is 0 Å². The van der Waals surface area contributed by atoms with Gasteiger partial charge >= 0.3 is 18.6 Å². The fraction of sp³-hybridized carbons (Fsp3) is 0.462. The largest absolute Gasteiger partial charge is 0.464 e. The summed E-state index contributed by atoms with van der Waals surface area (Å²) >= 11 is 0. The van der Waals surface area contributed by atoms with Gasteiger partial charge in [0.15, 0.2) is 5.69 Å². The first-order chi connectivity index (χ1) is 9.62. The second-order valence-corrected chi connectivity index (χ2v) is 4.95. The molecule has 0 fully saturated rings. The molecule has 0 aliphatic heterocycles. The highest BCUT2D eigenvalue weighted by atomic mass is 19.3. The van der Waals surface area contributed by atoms with Gasteiger partial charge in [0.25, 0.3) is 0 Å². The van der Waals surface area contributed by atoms with Crippen LogP contribution in [0.4, 0.5) is 8.78 Å². The summed E-state index contributed by atoms with van der Waals surface area (Å²) in [5.74, 6) is -2.26. The van der Waals surface area contributed by atoms with E-state index in [-0.39, 0.29) is 11.3 Å². The van der Waals surface area contributed by atoms with Crippen molar-refractivity contribution in [2.24, 2.45) is 0 Å². The fourth-order valence-corrected chi connectivity index (χ4v) is 1.32. The maximum Gasteiger partial charge on any atom is 0.388 e. The van der Waals surface area contributed by atoms with Crippen molar-refractivity contribution in [3.8, 4) is 5.88 Å². The number of alkyl halides is 2.